The molecule has 4 nitrogen and oxygen atoms in total. The second-order valence-corrected chi connectivity index (χ2v) is 5.00. The summed E-state index contributed by atoms with van der Waals surface area (Å²) in [6.07, 6.45) is 1.63. The molecule has 1 aliphatic heterocycles. The van der Waals surface area contributed by atoms with Crippen LogP contribution in [0, 0.1) is 0 Å². The minimum absolute atomic E-state index is 0.119. The van der Waals surface area contributed by atoms with Gasteiger partial charge in [-0.2, -0.15) is 0 Å². The Balaban J connectivity index is 1.86. The fraction of sp³-hybridized carbons (Fsp3) is 0.154. The van der Waals surface area contributed by atoms with Crippen molar-refractivity contribution in [3.63, 3.8) is 0 Å². The molecule has 0 saturated heterocycles. The van der Waals surface area contributed by atoms with Crippen molar-refractivity contribution < 1.29 is 4.74 Å². The second kappa shape index (κ2) is 4.49. The second-order valence-electron chi connectivity index (χ2n) is 4.14. The Kier molecular flexibility index (Phi) is 2.83. The Bertz CT molecular complexity index is 588. The summed E-state index contributed by atoms with van der Waals surface area (Å²) in [7, 11) is 0. The Morgan fingerprint density at radius 3 is 3.06 bits per heavy atom. The van der Waals surface area contributed by atoms with Crippen LogP contribution in [-0.4, -0.2) is 11.6 Å². The molecule has 2 aromatic rings. The number of nitrogens with one attached hydrogen (secondary N) is 1. The highest BCUT2D eigenvalue weighted by Crippen LogP contribution is 2.35. The van der Waals surface area contributed by atoms with Crippen LogP contribution in [0.1, 0.15) is 11.6 Å². The largest absolute Gasteiger partial charge is 0.491 e. The van der Waals surface area contributed by atoms with Gasteiger partial charge in [0.25, 0.3) is 0 Å². The van der Waals surface area contributed by atoms with Crippen LogP contribution in [0.3, 0.4) is 0 Å². The number of para-hydroxylation sites is 1. The van der Waals surface area contributed by atoms with Crippen LogP contribution in [0.15, 0.2) is 41.0 Å². The van der Waals surface area contributed by atoms with Crippen molar-refractivity contribution in [1.29, 1.82) is 0 Å². The number of rotatable bonds is 2. The smallest absolute Gasteiger partial charge is 0.141 e. The summed E-state index contributed by atoms with van der Waals surface area (Å²) in [4.78, 5) is 4.28. The van der Waals surface area contributed by atoms with Crippen molar-refractivity contribution in [2.45, 2.75) is 6.04 Å². The highest BCUT2D eigenvalue weighted by Gasteiger charge is 2.24. The molecule has 0 fully saturated rings. The Labute approximate surface area is 113 Å². The third-order valence-corrected chi connectivity index (χ3v) is 3.48. The molecule has 0 radical (unpaired) electrons. The average molecular weight is 306 g/mol. The van der Waals surface area contributed by atoms with E-state index >= 15 is 0 Å². The Morgan fingerprint density at radius 1 is 1.39 bits per heavy atom. The lowest BCUT2D eigenvalue weighted by Gasteiger charge is -2.13. The van der Waals surface area contributed by atoms with Crippen molar-refractivity contribution in [2.24, 2.45) is 0 Å². The van der Waals surface area contributed by atoms with Crippen LogP contribution in [0.25, 0.3) is 0 Å². The number of hydrogen-bond donors (Lipinski definition) is 2. The number of pyridine rings is 1. The highest BCUT2D eigenvalue weighted by molar-refractivity contribution is 9.10. The molecule has 1 atom stereocenters. The van der Waals surface area contributed by atoms with E-state index in [0.717, 1.165) is 21.6 Å². The molecule has 92 valence electrons. The molecule has 1 aliphatic rings. The van der Waals surface area contributed by atoms with Crippen molar-refractivity contribution in [3.05, 3.63) is 46.6 Å². The van der Waals surface area contributed by atoms with Crippen LogP contribution in [-0.2, 0) is 0 Å². The molecule has 2 heterocycles. The fourth-order valence-electron chi connectivity index (χ4n) is 2.01. The van der Waals surface area contributed by atoms with Gasteiger partial charge < -0.3 is 15.8 Å². The molecule has 1 aromatic heterocycles. The molecule has 1 aromatic carbocycles. The molecule has 3 N–H and O–H groups in total. The van der Waals surface area contributed by atoms with Gasteiger partial charge in [-0.15, -0.1) is 0 Å². The van der Waals surface area contributed by atoms with Crippen molar-refractivity contribution >= 4 is 27.4 Å². The van der Waals surface area contributed by atoms with Crippen LogP contribution < -0.4 is 15.8 Å². The van der Waals surface area contributed by atoms with Gasteiger partial charge in [0.05, 0.1) is 22.4 Å². The Hall–Kier alpha value is -1.75. The lowest BCUT2D eigenvalue weighted by Crippen LogP contribution is -2.13. The van der Waals surface area contributed by atoms with Gasteiger partial charge in [0.15, 0.2) is 0 Å². The maximum atomic E-state index is 5.67. The first-order chi connectivity index (χ1) is 8.74. The number of fused-ring (bicyclic) bond motifs is 1. The molecule has 18 heavy (non-hydrogen) atoms. The van der Waals surface area contributed by atoms with E-state index in [1.807, 2.05) is 24.3 Å². The van der Waals surface area contributed by atoms with Crippen molar-refractivity contribution in [1.82, 2.24) is 4.98 Å². The minimum Gasteiger partial charge on any atom is -0.491 e. The van der Waals surface area contributed by atoms with E-state index < -0.39 is 0 Å². The van der Waals surface area contributed by atoms with Gasteiger partial charge >= 0.3 is 0 Å². The quantitative estimate of drug-likeness (QED) is 0.895. The number of benzene rings is 1. The van der Waals surface area contributed by atoms with Gasteiger partial charge in [0.1, 0.15) is 18.2 Å². The van der Waals surface area contributed by atoms with Crippen LogP contribution in [0.4, 0.5) is 11.5 Å². The number of ether oxygens (including phenoxy) is 1. The fourth-order valence-corrected chi connectivity index (χ4v) is 2.49. The van der Waals surface area contributed by atoms with E-state index in [1.54, 1.807) is 6.20 Å². The van der Waals surface area contributed by atoms with Crippen molar-refractivity contribution in [2.75, 3.05) is 17.7 Å². The van der Waals surface area contributed by atoms with Gasteiger partial charge in [-0.1, -0.05) is 18.2 Å². The van der Waals surface area contributed by atoms with Crippen LogP contribution >= 0.6 is 15.9 Å². The van der Waals surface area contributed by atoms with Gasteiger partial charge in [-0.3, -0.25) is 0 Å². The lowest BCUT2D eigenvalue weighted by molar-refractivity contribution is 0.339. The van der Waals surface area contributed by atoms with Crippen molar-refractivity contribution in [3.8, 4) is 5.75 Å². The Morgan fingerprint density at radius 2 is 2.22 bits per heavy atom. The van der Waals surface area contributed by atoms with Gasteiger partial charge in [0, 0.05) is 5.56 Å². The molecule has 0 bridgehead atoms. The predicted molar refractivity (Wildman–Crippen MR) is 74.7 cm³/mol. The molecule has 0 saturated carbocycles. The molecular formula is C13H12BrN3O. The molecule has 0 aliphatic carbocycles. The third kappa shape index (κ3) is 2.01. The molecule has 3 rings (SSSR count). The van der Waals surface area contributed by atoms with Gasteiger partial charge in [0.2, 0.25) is 0 Å². The lowest BCUT2D eigenvalue weighted by atomic mass is 10.1. The number of aromatic nitrogens is 1. The van der Waals surface area contributed by atoms with Gasteiger partial charge in [-0.05, 0) is 28.1 Å². The number of nitrogens with two attached hydrogens (primary N) is 1. The standard InChI is InChI=1S/C13H12BrN3O/c14-10-5-8(15)6-16-13(10)17-11-7-18-12-4-2-1-3-9(11)12/h1-6,11H,7,15H2,(H,16,17). The SMILES string of the molecule is Nc1cnc(NC2COc3ccccc32)c(Br)c1. The topological polar surface area (TPSA) is 60.2 Å². The van der Waals surface area contributed by atoms with E-state index in [4.69, 9.17) is 10.5 Å². The number of hydrogen-bond acceptors (Lipinski definition) is 4. The molecule has 0 amide bonds. The maximum Gasteiger partial charge on any atom is 0.141 e. The van der Waals surface area contributed by atoms with E-state index in [9.17, 15) is 0 Å². The average Bonchev–Trinajstić information content (AvgIpc) is 2.76. The summed E-state index contributed by atoms with van der Waals surface area (Å²) >= 11 is 3.45. The van der Waals surface area contributed by atoms with Gasteiger partial charge in [-0.25, -0.2) is 4.98 Å². The van der Waals surface area contributed by atoms with E-state index in [1.165, 1.54) is 0 Å². The first-order valence-corrected chi connectivity index (χ1v) is 6.42. The summed E-state index contributed by atoms with van der Waals surface area (Å²) in [5.41, 5.74) is 7.46. The zero-order valence-corrected chi connectivity index (χ0v) is 11.1. The zero-order chi connectivity index (χ0) is 12.5. The molecular weight excluding hydrogens is 294 g/mol. The monoisotopic (exact) mass is 305 g/mol. The zero-order valence-electron chi connectivity index (χ0n) is 9.56. The summed E-state index contributed by atoms with van der Waals surface area (Å²) in [5, 5.41) is 3.35. The third-order valence-electron chi connectivity index (χ3n) is 2.87. The normalized spacial score (nSPS) is 17.1. The number of nitrogens with zero attached hydrogens (tertiary/aromatic N) is 1. The number of halogens is 1. The predicted octanol–water partition coefficient (Wildman–Crippen LogP) is 2.97. The van der Waals surface area contributed by atoms with Crippen LogP contribution in [0.2, 0.25) is 0 Å². The summed E-state index contributed by atoms with van der Waals surface area (Å²) in [6.45, 7) is 0.609. The number of anilines is 2. The minimum atomic E-state index is 0.119. The van der Waals surface area contributed by atoms with Crippen LogP contribution in [0.5, 0.6) is 5.75 Å². The van der Waals surface area contributed by atoms with E-state index in [0.29, 0.717) is 12.3 Å². The van der Waals surface area contributed by atoms with E-state index in [2.05, 4.69) is 32.3 Å². The maximum absolute atomic E-state index is 5.67. The first kappa shape index (κ1) is 11.3. The first-order valence-electron chi connectivity index (χ1n) is 5.63. The molecule has 5 heteroatoms. The summed E-state index contributed by atoms with van der Waals surface area (Å²) in [5.74, 6) is 1.70. The molecule has 1 unspecified atom stereocenters. The number of nitrogen functional groups attached to an aromatic ring is 1. The summed E-state index contributed by atoms with van der Waals surface area (Å²) < 4.78 is 6.47. The molecule has 0 spiro atoms. The van der Waals surface area contributed by atoms with E-state index in [-0.39, 0.29) is 6.04 Å². The highest BCUT2D eigenvalue weighted by atomic mass is 79.9. The summed E-state index contributed by atoms with van der Waals surface area (Å²) in [6, 6.07) is 9.96.